The highest BCUT2D eigenvalue weighted by Gasteiger charge is 2.37. The largest absolute Gasteiger partial charge is 0.464 e. The van der Waals surface area contributed by atoms with E-state index in [4.69, 9.17) is 5.11 Å². The van der Waals surface area contributed by atoms with Crippen molar-refractivity contribution in [3.05, 3.63) is 83.2 Å². The Bertz CT molecular complexity index is 1170. The van der Waals surface area contributed by atoms with Gasteiger partial charge in [-0.3, -0.25) is 4.79 Å². The summed E-state index contributed by atoms with van der Waals surface area (Å²) in [4.78, 5) is 25.0. The molecule has 0 bridgehead atoms. The second-order valence-electron chi connectivity index (χ2n) is 7.20. The van der Waals surface area contributed by atoms with Gasteiger partial charge in [-0.15, -0.1) is 0 Å². The molecule has 2 aromatic carbocycles. The molecule has 1 heterocycles. The molecule has 1 N–H and O–H groups in total. The number of carbonyl (C=O) groups excluding carboxylic acids is 1. The Morgan fingerprint density at radius 1 is 0.879 bits per heavy atom. The first kappa shape index (κ1) is 23.9. The van der Waals surface area contributed by atoms with E-state index in [0.29, 0.717) is 17.7 Å². The Morgan fingerprint density at radius 3 is 2.03 bits per heavy atom. The van der Waals surface area contributed by atoms with E-state index in [9.17, 15) is 35.9 Å². The van der Waals surface area contributed by atoms with E-state index in [0.717, 1.165) is 4.57 Å². The van der Waals surface area contributed by atoms with Crippen LogP contribution >= 0.6 is 0 Å². The predicted octanol–water partition coefficient (Wildman–Crippen LogP) is 5.99. The molecule has 0 radical (unpaired) electrons. The normalized spacial score (nSPS) is 12.0. The quantitative estimate of drug-likeness (QED) is 0.477. The molecule has 0 atom stereocenters. The Labute approximate surface area is 183 Å². The third-order valence-corrected chi connectivity index (χ3v) is 4.79. The third-order valence-electron chi connectivity index (χ3n) is 4.79. The van der Waals surface area contributed by atoms with Crippen LogP contribution in [0.5, 0.6) is 0 Å². The number of aromatic nitrogens is 1. The Balaban J connectivity index is 1.93. The van der Waals surface area contributed by atoms with Crippen molar-refractivity contribution in [1.82, 2.24) is 9.47 Å². The summed E-state index contributed by atoms with van der Waals surface area (Å²) < 4.78 is 79.7. The maximum absolute atomic E-state index is 13.2. The zero-order valence-corrected chi connectivity index (χ0v) is 16.9. The molecule has 11 heteroatoms. The minimum Gasteiger partial charge on any atom is -0.464 e. The topological polar surface area (TPSA) is 62.5 Å². The van der Waals surface area contributed by atoms with E-state index < -0.39 is 35.5 Å². The van der Waals surface area contributed by atoms with Crippen LogP contribution in [0.2, 0.25) is 0 Å². The van der Waals surface area contributed by atoms with Gasteiger partial charge in [0.2, 0.25) is 0 Å². The van der Waals surface area contributed by atoms with Crippen LogP contribution in [0, 0.1) is 0 Å². The van der Waals surface area contributed by atoms with Crippen molar-refractivity contribution < 1.29 is 41.0 Å². The van der Waals surface area contributed by atoms with Gasteiger partial charge in [-0.05, 0) is 53.1 Å². The van der Waals surface area contributed by atoms with Crippen molar-refractivity contribution in [2.45, 2.75) is 18.9 Å². The van der Waals surface area contributed by atoms with Crippen molar-refractivity contribution >= 4 is 12.0 Å². The van der Waals surface area contributed by atoms with Crippen molar-refractivity contribution in [2.75, 3.05) is 7.05 Å². The molecule has 0 aliphatic rings. The van der Waals surface area contributed by atoms with E-state index in [1.807, 2.05) is 0 Å². The van der Waals surface area contributed by atoms with Crippen molar-refractivity contribution in [1.29, 1.82) is 0 Å². The summed E-state index contributed by atoms with van der Waals surface area (Å²) in [6.07, 6.45) is -10.1. The number of nitrogens with zero attached hydrogens (tertiary/aromatic N) is 2. The molecular formula is C22H16F6N2O3. The molecule has 1 aromatic heterocycles. The molecule has 0 unspecified atom stereocenters. The maximum atomic E-state index is 13.2. The lowest BCUT2D eigenvalue weighted by molar-refractivity contribution is -0.143. The molecule has 0 aliphatic heterocycles. The van der Waals surface area contributed by atoms with E-state index in [1.165, 1.54) is 48.5 Å². The molecule has 1 amide bonds. The number of amides is 1. The Kier molecular flexibility index (Phi) is 6.26. The number of alkyl halides is 6. The fourth-order valence-electron chi connectivity index (χ4n) is 3.23. The van der Waals surface area contributed by atoms with Crippen LogP contribution in [0.25, 0.3) is 11.1 Å². The number of rotatable bonds is 4. The van der Waals surface area contributed by atoms with Crippen LogP contribution in [0.1, 0.15) is 27.2 Å². The smallest absolute Gasteiger partial charge is 0.416 e. The van der Waals surface area contributed by atoms with Crippen LogP contribution in [-0.2, 0) is 18.9 Å². The molecule has 0 fully saturated rings. The fourth-order valence-corrected chi connectivity index (χ4v) is 3.23. The van der Waals surface area contributed by atoms with E-state index in [1.54, 1.807) is 6.07 Å². The molecule has 3 aromatic rings. The number of hydrogen-bond donors (Lipinski definition) is 1. The van der Waals surface area contributed by atoms with Crippen LogP contribution in [-0.4, -0.2) is 33.6 Å². The molecule has 3 rings (SSSR count). The lowest BCUT2D eigenvalue weighted by Gasteiger charge is -2.18. The van der Waals surface area contributed by atoms with Crippen LogP contribution in [0.15, 0.2) is 60.8 Å². The van der Waals surface area contributed by atoms with Gasteiger partial charge in [0, 0.05) is 19.8 Å². The van der Waals surface area contributed by atoms with Gasteiger partial charge in [0.05, 0.1) is 11.1 Å². The summed E-state index contributed by atoms with van der Waals surface area (Å²) >= 11 is 0. The van der Waals surface area contributed by atoms with Gasteiger partial charge in [0.1, 0.15) is 5.69 Å². The highest BCUT2D eigenvalue weighted by molar-refractivity contribution is 5.95. The van der Waals surface area contributed by atoms with E-state index >= 15 is 0 Å². The van der Waals surface area contributed by atoms with Crippen LogP contribution in [0.4, 0.5) is 31.1 Å². The standard InChI is InChI=1S/C22H16F6N2O3/c1-29(19(31)18-6-3-7-30(18)20(32)33)12-13-4-2-5-14(8-13)15-9-16(21(23,24)25)11-17(10-15)22(26,27)28/h2-11H,12H2,1H3,(H,32,33). The summed E-state index contributed by atoms with van der Waals surface area (Å²) in [6.45, 7) is -0.0669. The lowest BCUT2D eigenvalue weighted by atomic mass is 9.97. The Hall–Kier alpha value is -3.76. The van der Waals surface area contributed by atoms with E-state index in [2.05, 4.69) is 0 Å². The fraction of sp³-hybridized carbons (Fsp3) is 0.182. The minimum atomic E-state index is -4.97. The predicted molar refractivity (Wildman–Crippen MR) is 106 cm³/mol. The maximum Gasteiger partial charge on any atom is 0.416 e. The first-order valence-electron chi connectivity index (χ1n) is 9.32. The van der Waals surface area contributed by atoms with Crippen LogP contribution < -0.4 is 0 Å². The summed E-state index contributed by atoms with van der Waals surface area (Å²) in [6, 6.07) is 9.71. The van der Waals surface area contributed by atoms with Crippen molar-refractivity contribution in [3.8, 4) is 11.1 Å². The molecule has 0 saturated heterocycles. The van der Waals surface area contributed by atoms with E-state index in [-0.39, 0.29) is 29.4 Å². The third kappa shape index (κ3) is 5.36. The zero-order chi connectivity index (χ0) is 24.6. The highest BCUT2D eigenvalue weighted by Crippen LogP contribution is 2.38. The lowest BCUT2D eigenvalue weighted by Crippen LogP contribution is -2.29. The first-order chi connectivity index (χ1) is 15.3. The molecule has 0 saturated carbocycles. The van der Waals surface area contributed by atoms with Gasteiger partial charge in [0.15, 0.2) is 0 Å². The van der Waals surface area contributed by atoms with Crippen molar-refractivity contribution in [2.24, 2.45) is 0 Å². The van der Waals surface area contributed by atoms with Gasteiger partial charge in [-0.2, -0.15) is 26.3 Å². The average Bonchev–Trinajstić information content (AvgIpc) is 3.22. The molecule has 5 nitrogen and oxygen atoms in total. The molecular weight excluding hydrogens is 454 g/mol. The highest BCUT2D eigenvalue weighted by atomic mass is 19.4. The summed E-state index contributed by atoms with van der Waals surface area (Å²) in [5.41, 5.74) is -2.75. The van der Waals surface area contributed by atoms with Gasteiger partial charge >= 0.3 is 18.4 Å². The number of halogens is 6. The SMILES string of the molecule is CN(Cc1cccc(-c2cc(C(F)(F)F)cc(C(F)(F)F)c2)c1)C(=O)c1cccn1C(=O)O. The van der Waals surface area contributed by atoms with Gasteiger partial charge < -0.3 is 10.0 Å². The summed E-state index contributed by atoms with van der Waals surface area (Å²) in [5, 5.41) is 9.13. The second kappa shape index (κ2) is 8.64. The molecule has 33 heavy (non-hydrogen) atoms. The average molecular weight is 470 g/mol. The number of carboxylic acid groups (broad SMARTS) is 1. The number of hydrogen-bond acceptors (Lipinski definition) is 2. The van der Waals surface area contributed by atoms with Gasteiger partial charge in [-0.1, -0.05) is 18.2 Å². The summed E-state index contributed by atoms with van der Waals surface area (Å²) in [5.74, 6) is -0.633. The number of benzene rings is 2. The second-order valence-corrected chi connectivity index (χ2v) is 7.20. The molecule has 0 aliphatic carbocycles. The monoisotopic (exact) mass is 470 g/mol. The Morgan fingerprint density at radius 2 is 1.48 bits per heavy atom. The van der Waals surface area contributed by atoms with Crippen molar-refractivity contribution in [3.63, 3.8) is 0 Å². The molecule has 0 spiro atoms. The van der Waals surface area contributed by atoms with Gasteiger partial charge in [-0.25, -0.2) is 9.36 Å². The first-order valence-corrected chi connectivity index (χ1v) is 9.32. The minimum absolute atomic E-state index is 0.0529. The van der Waals surface area contributed by atoms with Crippen LogP contribution in [0.3, 0.4) is 0 Å². The summed E-state index contributed by atoms with van der Waals surface area (Å²) in [7, 11) is 1.39. The zero-order valence-electron chi connectivity index (χ0n) is 16.9. The number of carbonyl (C=O) groups is 2. The van der Waals surface area contributed by atoms with Gasteiger partial charge in [0.25, 0.3) is 5.91 Å². The molecule has 174 valence electrons.